The van der Waals surface area contributed by atoms with Gasteiger partial charge in [0.2, 0.25) is 0 Å². The van der Waals surface area contributed by atoms with Gasteiger partial charge in [-0.1, -0.05) is 0 Å². The first-order valence-electron chi connectivity index (χ1n) is 8.34. The van der Waals surface area contributed by atoms with E-state index in [0.717, 1.165) is 33.3 Å². The van der Waals surface area contributed by atoms with E-state index < -0.39 is 5.97 Å². The van der Waals surface area contributed by atoms with Crippen molar-refractivity contribution in [1.82, 2.24) is 4.98 Å². The molecule has 2 aromatic carbocycles. The second-order valence-electron chi connectivity index (χ2n) is 5.74. The molecule has 0 amide bonds. The second-order valence-corrected chi connectivity index (χ2v) is 6.83. The molecule has 0 atom stereocenters. The number of hydrogen-bond acceptors (Lipinski definition) is 7. The number of hydrogen-bond donors (Lipinski definition) is 1. The van der Waals surface area contributed by atoms with Crippen LogP contribution in [0.2, 0.25) is 0 Å². The number of nitrogens with zero attached hydrogens (tertiary/aromatic N) is 1. The Hall–Kier alpha value is -3.06. The predicted octanol–water partition coefficient (Wildman–Crippen LogP) is 3.25. The number of benzene rings is 2. The highest BCUT2D eigenvalue weighted by atomic mass is 32.1. The van der Waals surface area contributed by atoms with E-state index in [1.807, 2.05) is 48.5 Å². The lowest BCUT2D eigenvalue weighted by atomic mass is 10.1. The van der Waals surface area contributed by atoms with Crippen LogP contribution in [0.15, 0.2) is 48.5 Å². The molecular formula is C20H19N2O4S-. The minimum Gasteiger partial charge on any atom is -0.550 e. The van der Waals surface area contributed by atoms with Crippen LogP contribution in [0.3, 0.4) is 0 Å². The summed E-state index contributed by atoms with van der Waals surface area (Å²) in [5, 5.41) is 14.8. The summed E-state index contributed by atoms with van der Waals surface area (Å²) in [5.74, 6) is 0.448. The number of carbonyl (C=O) groups is 1. The van der Waals surface area contributed by atoms with Gasteiger partial charge in [0.1, 0.15) is 11.5 Å². The molecule has 0 unspecified atom stereocenters. The molecule has 7 heteroatoms. The van der Waals surface area contributed by atoms with Gasteiger partial charge in [0.15, 0.2) is 5.13 Å². The standard InChI is InChI=1S/C20H20N2O4S/c1-25-15-7-3-13(4-8-15)19-17(11-12-18(23)24)27-20(22-19)21-14-5-9-16(26-2)10-6-14/h3-10H,11-12H2,1-2H3,(H,21,22)(H,23,24)/p-1. The van der Waals surface area contributed by atoms with Gasteiger partial charge >= 0.3 is 0 Å². The quantitative estimate of drug-likeness (QED) is 0.643. The molecule has 1 heterocycles. The second kappa shape index (κ2) is 8.55. The third kappa shape index (κ3) is 4.77. The number of aliphatic carboxylic acids is 1. The molecule has 1 N–H and O–H groups in total. The molecule has 0 aliphatic carbocycles. The van der Waals surface area contributed by atoms with Crippen LogP contribution in [-0.4, -0.2) is 25.2 Å². The number of methoxy groups -OCH3 is 2. The molecule has 0 saturated heterocycles. The van der Waals surface area contributed by atoms with E-state index in [4.69, 9.17) is 9.47 Å². The van der Waals surface area contributed by atoms with Crippen molar-refractivity contribution in [2.24, 2.45) is 0 Å². The minimum absolute atomic E-state index is 0.0483. The van der Waals surface area contributed by atoms with Gasteiger partial charge in [-0.3, -0.25) is 0 Å². The number of carboxylic acids is 1. The minimum atomic E-state index is -1.08. The van der Waals surface area contributed by atoms with Crippen LogP contribution < -0.4 is 19.9 Å². The fraction of sp³-hybridized carbons (Fsp3) is 0.200. The Morgan fingerprint density at radius 1 is 1.04 bits per heavy atom. The summed E-state index contributed by atoms with van der Waals surface area (Å²) in [6.07, 6.45) is 0.318. The first-order valence-corrected chi connectivity index (χ1v) is 9.15. The Balaban J connectivity index is 1.88. The van der Waals surface area contributed by atoms with Crippen LogP contribution in [0.25, 0.3) is 11.3 Å². The van der Waals surface area contributed by atoms with Gasteiger partial charge < -0.3 is 24.7 Å². The summed E-state index contributed by atoms with van der Waals surface area (Å²) >= 11 is 1.44. The average molecular weight is 383 g/mol. The largest absolute Gasteiger partial charge is 0.550 e. The number of rotatable bonds is 8. The molecule has 0 spiro atoms. The SMILES string of the molecule is COc1ccc(Nc2nc(-c3ccc(OC)cc3)c(CCC(=O)[O-])s2)cc1. The van der Waals surface area contributed by atoms with Gasteiger partial charge in [-0.2, -0.15) is 0 Å². The Morgan fingerprint density at radius 3 is 2.19 bits per heavy atom. The Morgan fingerprint density at radius 2 is 1.63 bits per heavy atom. The van der Waals surface area contributed by atoms with E-state index in [9.17, 15) is 9.90 Å². The summed E-state index contributed by atoms with van der Waals surface area (Å²) in [6.45, 7) is 0. The molecule has 1 aromatic heterocycles. The van der Waals surface area contributed by atoms with Gasteiger partial charge in [-0.05, 0) is 61.4 Å². The fourth-order valence-electron chi connectivity index (χ4n) is 2.56. The highest BCUT2D eigenvalue weighted by Crippen LogP contribution is 2.34. The average Bonchev–Trinajstić information content (AvgIpc) is 3.09. The molecule has 3 aromatic rings. The van der Waals surface area contributed by atoms with Crippen LogP contribution in [0.5, 0.6) is 11.5 Å². The van der Waals surface area contributed by atoms with Gasteiger partial charge in [-0.25, -0.2) is 4.98 Å². The van der Waals surface area contributed by atoms with Gasteiger partial charge in [0.05, 0.1) is 19.9 Å². The van der Waals surface area contributed by atoms with Crippen molar-refractivity contribution < 1.29 is 19.4 Å². The molecule has 0 fully saturated rings. The highest BCUT2D eigenvalue weighted by molar-refractivity contribution is 7.16. The maximum Gasteiger partial charge on any atom is 0.187 e. The van der Waals surface area contributed by atoms with E-state index in [0.29, 0.717) is 11.6 Å². The number of thiazole rings is 1. The summed E-state index contributed by atoms with van der Waals surface area (Å²) in [4.78, 5) is 16.5. The summed E-state index contributed by atoms with van der Waals surface area (Å²) in [7, 11) is 3.23. The summed E-state index contributed by atoms with van der Waals surface area (Å²) in [6, 6.07) is 15.0. The van der Waals surface area contributed by atoms with E-state index in [1.165, 1.54) is 11.3 Å². The molecule has 0 aliphatic rings. The van der Waals surface area contributed by atoms with E-state index in [-0.39, 0.29) is 6.42 Å². The Labute approximate surface area is 161 Å². The molecule has 0 radical (unpaired) electrons. The first kappa shape index (κ1) is 18.7. The van der Waals surface area contributed by atoms with E-state index in [1.54, 1.807) is 14.2 Å². The molecule has 6 nitrogen and oxygen atoms in total. The fourth-order valence-corrected chi connectivity index (χ4v) is 3.57. The van der Waals surface area contributed by atoms with Gasteiger partial charge in [0, 0.05) is 22.1 Å². The number of aromatic nitrogens is 1. The van der Waals surface area contributed by atoms with Crippen LogP contribution in [-0.2, 0) is 11.2 Å². The van der Waals surface area contributed by atoms with E-state index in [2.05, 4.69) is 10.3 Å². The van der Waals surface area contributed by atoms with Crippen LogP contribution in [0, 0.1) is 0 Å². The predicted molar refractivity (Wildman–Crippen MR) is 104 cm³/mol. The first-order chi connectivity index (χ1) is 13.1. The molecule has 27 heavy (non-hydrogen) atoms. The molecular weight excluding hydrogens is 364 g/mol. The number of anilines is 2. The van der Waals surface area contributed by atoms with Crippen molar-refractivity contribution in [2.75, 3.05) is 19.5 Å². The lowest BCUT2D eigenvalue weighted by molar-refractivity contribution is -0.305. The van der Waals surface area contributed by atoms with Gasteiger partial charge in [0.25, 0.3) is 0 Å². The zero-order valence-electron chi connectivity index (χ0n) is 15.0. The maximum absolute atomic E-state index is 10.9. The topological polar surface area (TPSA) is 83.5 Å². The van der Waals surface area contributed by atoms with E-state index >= 15 is 0 Å². The third-order valence-electron chi connectivity index (χ3n) is 3.96. The Bertz CT molecular complexity index is 905. The number of ether oxygens (including phenoxy) is 2. The van der Waals surface area contributed by atoms with Crippen molar-refractivity contribution in [3.63, 3.8) is 0 Å². The third-order valence-corrected chi connectivity index (χ3v) is 4.99. The van der Waals surface area contributed by atoms with Crippen LogP contribution in [0.4, 0.5) is 10.8 Å². The van der Waals surface area contributed by atoms with Crippen molar-refractivity contribution >= 4 is 28.1 Å². The van der Waals surface area contributed by atoms with Crippen molar-refractivity contribution in [3.8, 4) is 22.8 Å². The number of carboxylic acid groups (broad SMARTS) is 1. The number of nitrogens with one attached hydrogen (secondary N) is 1. The normalized spacial score (nSPS) is 10.4. The van der Waals surface area contributed by atoms with Gasteiger partial charge in [-0.15, -0.1) is 11.3 Å². The summed E-state index contributed by atoms with van der Waals surface area (Å²) < 4.78 is 10.4. The highest BCUT2D eigenvalue weighted by Gasteiger charge is 2.14. The van der Waals surface area contributed by atoms with Crippen LogP contribution >= 0.6 is 11.3 Å². The Kier molecular flexibility index (Phi) is 5.93. The zero-order chi connectivity index (χ0) is 19.2. The molecule has 0 saturated carbocycles. The molecule has 140 valence electrons. The maximum atomic E-state index is 10.9. The van der Waals surface area contributed by atoms with Crippen molar-refractivity contribution in [3.05, 3.63) is 53.4 Å². The molecule has 3 rings (SSSR count). The van der Waals surface area contributed by atoms with Crippen LogP contribution in [0.1, 0.15) is 11.3 Å². The monoisotopic (exact) mass is 383 g/mol. The lowest BCUT2D eigenvalue weighted by Gasteiger charge is -2.05. The van der Waals surface area contributed by atoms with Crippen molar-refractivity contribution in [1.29, 1.82) is 0 Å². The number of aryl methyl sites for hydroxylation is 1. The smallest absolute Gasteiger partial charge is 0.187 e. The zero-order valence-corrected chi connectivity index (χ0v) is 15.8. The van der Waals surface area contributed by atoms with Crippen molar-refractivity contribution in [2.45, 2.75) is 12.8 Å². The number of carbonyl (C=O) groups excluding carboxylic acids is 1. The summed E-state index contributed by atoms with van der Waals surface area (Å²) in [5.41, 5.74) is 2.54. The molecule has 0 aliphatic heterocycles. The molecule has 0 bridgehead atoms. The lowest BCUT2D eigenvalue weighted by Crippen LogP contribution is -2.22.